The molecule has 0 amide bonds. The highest BCUT2D eigenvalue weighted by Crippen LogP contribution is 2.27. The van der Waals surface area contributed by atoms with Gasteiger partial charge in [-0.15, -0.1) is 5.10 Å². The van der Waals surface area contributed by atoms with Gasteiger partial charge in [0, 0.05) is 18.4 Å². The highest BCUT2D eigenvalue weighted by atomic mass is 32.2. The van der Waals surface area contributed by atoms with Crippen molar-refractivity contribution in [2.45, 2.75) is 17.8 Å². The molecule has 6 heteroatoms. The Morgan fingerprint density at radius 3 is 2.88 bits per heavy atom. The Kier molecular flexibility index (Phi) is 3.63. The molecule has 90 valence electrons. The van der Waals surface area contributed by atoms with E-state index < -0.39 is 0 Å². The van der Waals surface area contributed by atoms with Crippen LogP contribution in [-0.2, 0) is 12.8 Å². The average molecular weight is 250 g/mol. The number of hydrogen-bond acceptors (Lipinski definition) is 5. The zero-order valence-electron chi connectivity index (χ0n) is 10.0. The number of methoxy groups -OCH3 is 1. The predicted molar refractivity (Wildman–Crippen MR) is 66.1 cm³/mol. The van der Waals surface area contributed by atoms with Crippen molar-refractivity contribution in [1.82, 2.24) is 20.2 Å². The quantitative estimate of drug-likeness (QED) is 0.775. The van der Waals surface area contributed by atoms with E-state index in [2.05, 4.69) is 28.5 Å². The molecule has 0 unspecified atom stereocenters. The Morgan fingerprint density at radius 1 is 1.41 bits per heavy atom. The van der Waals surface area contributed by atoms with Crippen LogP contribution in [0.2, 0.25) is 0 Å². The van der Waals surface area contributed by atoms with Crippen LogP contribution in [0.1, 0.15) is 11.1 Å². The second-order valence-corrected chi connectivity index (χ2v) is 4.63. The molecule has 0 saturated heterocycles. The number of ether oxygens (including phenoxy) is 1. The lowest BCUT2D eigenvalue weighted by Crippen LogP contribution is -1.95. The predicted octanol–water partition coefficient (Wildman–Crippen LogP) is 1.82. The van der Waals surface area contributed by atoms with Gasteiger partial charge in [0.1, 0.15) is 5.75 Å². The van der Waals surface area contributed by atoms with Crippen molar-refractivity contribution in [3.63, 3.8) is 0 Å². The normalized spacial score (nSPS) is 10.5. The van der Waals surface area contributed by atoms with Crippen LogP contribution >= 0.6 is 11.8 Å². The summed E-state index contributed by atoms with van der Waals surface area (Å²) in [7, 11) is 3.51. The smallest absolute Gasteiger partial charge is 0.209 e. The lowest BCUT2D eigenvalue weighted by Gasteiger charge is -2.08. The molecule has 5 nitrogen and oxygen atoms in total. The zero-order valence-corrected chi connectivity index (χ0v) is 10.9. The minimum atomic E-state index is 0.791. The monoisotopic (exact) mass is 250 g/mol. The SMILES string of the molecule is COc1ccc(C)cc1CSc1nnnn1C. The maximum atomic E-state index is 5.33. The molecule has 0 atom stereocenters. The second-order valence-electron chi connectivity index (χ2n) is 3.69. The first-order valence-electron chi connectivity index (χ1n) is 5.19. The first-order chi connectivity index (χ1) is 8.20. The van der Waals surface area contributed by atoms with Crippen molar-refractivity contribution >= 4 is 11.8 Å². The first kappa shape index (κ1) is 11.9. The molecule has 0 N–H and O–H groups in total. The summed E-state index contributed by atoms with van der Waals surface area (Å²) in [6.07, 6.45) is 0. The summed E-state index contributed by atoms with van der Waals surface area (Å²) < 4.78 is 6.99. The van der Waals surface area contributed by atoms with Gasteiger partial charge in [-0.3, -0.25) is 0 Å². The molecule has 1 aromatic heterocycles. The van der Waals surface area contributed by atoms with E-state index >= 15 is 0 Å². The molecule has 0 fully saturated rings. The van der Waals surface area contributed by atoms with Crippen LogP contribution in [0.25, 0.3) is 0 Å². The summed E-state index contributed by atoms with van der Waals surface area (Å²) >= 11 is 1.59. The van der Waals surface area contributed by atoms with Crippen LogP contribution in [0.3, 0.4) is 0 Å². The Bertz CT molecular complexity index is 512. The Hall–Kier alpha value is -1.56. The average Bonchev–Trinajstić information content (AvgIpc) is 2.72. The molecular weight excluding hydrogens is 236 g/mol. The van der Waals surface area contributed by atoms with Crippen molar-refractivity contribution in [3.8, 4) is 5.75 Å². The minimum absolute atomic E-state index is 0.791. The number of hydrogen-bond donors (Lipinski definition) is 0. The van der Waals surface area contributed by atoms with E-state index in [9.17, 15) is 0 Å². The summed E-state index contributed by atoms with van der Waals surface area (Å²) in [5.41, 5.74) is 2.37. The number of benzene rings is 1. The number of aromatic nitrogens is 4. The van der Waals surface area contributed by atoms with Crippen molar-refractivity contribution in [2.75, 3.05) is 7.11 Å². The molecule has 0 aliphatic rings. The van der Waals surface area contributed by atoms with E-state index in [-0.39, 0.29) is 0 Å². The molecule has 2 aromatic rings. The molecule has 0 saturated carbocycles. The van der Waals surface area contributed by atoms with Crippen LogP contribution in [-0.4, -0.2) is 27.3 Å². The maximum Gasteiger partial charge on any atom is 0.209 e. The van der Waals surface area contributed by atoms with Crippen LogP contribution in [0.15, 0.2) is 23.4 Å². The van der Waals surface area contributed by atoms with Gasteiger partial charge in [0.15, 0.2) is 0 Å². The summed E-state index contributed by atoms with van der Waals surface area (Å²) in [6, 6.07) is 6.15. The number of nitrogens with zero attached hydrogens (tertiary/aromatic N) is 4. The third-order valence-corrected chi connectivity index (χ3v) is 3.43. The first-order valence-corrected chi connectivity index (χ1v) is 6.18. The lowest BCUT2D eigenvalue weighted by molar-refractivity contribution is 0.411. The molecule has 17 heavy (non-hydrogen) atoms. The van der Waals surface area contributed by atoms with Gasteiger partial charge in [-0.1, -0.05) is 29.5 Å². The molecule has 0 aliphatic carbocycles. The fraction of sp³-hybridized carbons (Fsp3) is 0.364. The molecule has 0 spiro atoms. The van der Waals surface area contributed by atoms with Crippen LogP contribution in [0.4, 0.5) is 0 Å². The van der Waals surface area contributed by atoms with Crippen LogP contribution in [0.5, 0.6) is 5.75 Å². The Balaban J connectivity index is 2.13. The van der Waals surface area contributed by atoms with Gasteiger partial charge in [0.25, 0.3) is 0 Å². The number of rotatable bonds is 4. The molecule has 2 rings (SSSR count). The van der Waals surface area contributed by atoms with Gasteiger partial charge < -0.3 is 4.74 Å². The number of thioether (sulfide) groups is 1. The maximum absolute atomic E-state index is 5.33. The highest BCUT2D eigenvalue weighted by Gasteiger charge is 2.07. The highest BCUT2D eigenvalue weighted by molar-refractivity contribution is 7.98. The van der Waals surface area contributed by atoms with Gasteiger partial charge in [0.05, 0.1) is 7.11 Å². The molecule has 0 aliphatic heterocycles. The molecular formula is C11H14N4OS. The fourth-order valence-electron chi connectivity index (χ4n) is 1.51. The summed E-state index contributed by atoms with van der Waals surface area (Å²) in [5, 5.41) is 12.1. The molecule has 1 heterocycles. The van der Waals surface area contributed by atoms with Gasteiger partial charge in [-0.05, 0) is 23.4 Å². The third kappa shape index (κ3) is 2.76. The standard InChI is InChI=1S/C11H14N4OS/c1-8-4-5-10(16-3)9(6-8)7-17-11-12-13-14-15(11)2/h4-6H,7H2,1-3H3. The molecule has 1 aromatic carbocycles. The van der Waals surface area contributed by atoms with Crippen molar-refractivity contribution in [3.05, 3.63) is 29.3 Å². The summed E-state index contributed by atoms with van der Waals surface area (Å²) in [4.78, 5) is 0. The summed E-state index contributed by atoms with van der Waals surface area (Å²) in [6.45, 7) is 2.07. The lowest BCUT2D eigenvalue weighted by atomic mass is 10.1. The van der Waals surface area contributed by atoms with E-state index in [1.54, 1.807) is 23.6 Å². The number of aryl methyl sites for hydroxylation is 2. The Morgan fingerprint density at radius 2 is 2.24 bits per heavy atom. The van der Waals surface area contributed by atoms with Crippen LogP contribution < -0.4 is 4.74 Å². The van der Waals surface area contributed by atoms with Gasteiger partial charge in [0.2, 0.25) is 5.16 Å². The van der Waals surface area contributed by atoms with E-state index in [1.807, 2.05) is 19.2 Å². The van der Waals surface area contributed by atoms with E-state index in [1.165, 1.54) is 5.56 Å². The zero-order chi connectivity index (χ0) is 12.3. The van der Waals surface area contributed by atoms with E-state index in [0.29, 0.717) is 0 Å². The van der Waals surface area contributed by atoms with Crippen molar-refractivity contribution in [1.29, 1.82) is 0 Å². The van der Waals surface area contributed by atoms with Crippen molar-refractivity contribution in [2.24, 2.45) is 7.05 Å². The number of tetrazole rings is 1. The second kappa shape index (κ2) is 5.18. The summed E-state index contributed by atoms with van der Waals surface area (Å²) in [5.74, 6) is 1.69. The molecule has 0 radical (unpaired) electrons. The van der Waals surface area contributed by atoms with Gasteiger partial charge in [-0.25, -0.2) is 4.68 Å². The van der Waals surface area contributed by atoms with Gasteiger partial charge in [-0.2, -0.15) is 0 Å². The fourth-order valence-corrected chi connectivity index (χ4v) is 2.33. The van der Waals surface area contributed by atoms with E-state index in [0.717, 1.165) is 22.2 Å². The van der Waals surface area contributed by atoms with Crippen LogP contribution in [0, 0.1) is 6.92 Å². The largest absolute Gasteiger partial charge is 0.496 e. The Labute approximate surface area is 104 Å². The molecule has 0 bridgehead atoms. The van der Waals surface area contributed by atoms with Crippen molar-refractivity contribution < 1.29 is 4.74 Å². The minimum Gasteiger partial charge on any atom is -0.496 e. The van der Waals surface area contributed by atoms with E-state index in [4.69, 9.17) is 4.74 Å². The third-order valence-electron chi connectivity index (χ3n) is 2.37. The van der Waals surface area contributed by atoms with Gasteiger partial charge >= 0.3 is 0 Å². The topological polar surface area (TPSA) is 52.8 Å².